The fourth-order valence-corrected chi connectivity index (χ4v) is 5.29. The van der Waals surface area contributed by atoms with Crippen molar-refractivity contribution in [2.45, 2.75) is 84.6 Å². The van der Waals surface area contributed by atoms with E-state index in [2.05, 4.69) is 31.4 Å². The molecule has 0 bridgehead atoms. The van der Waals surface area contributed by atoms with Gasteiger partial charge >= 0.3 is 5.97 Å². The maximum Gasteiger partial charge on any atom is 0.303 e. The Morgan fingerprint density at radius 1 is 1.17 bits per heavy atom. The SMILES string of the molecule is CCC(C)(C)C1CCc2c(sc(NC(=O)CCCC(=O)O)c2C(=O)NC2CC2)C1. The zero-order chi connectivity index (χ0) is 21.2. The molecule has 2 aliphatic rings. The number of fused-ring (bicyclic) bond motifs is 1. The van der Waals surface area contributed by atoms with Gasteiger partial charge in [0.1, 0.15) is 5.00 Å². The van der Waals surface area contributed by atoms with Gasteiger partial charge in [-0.05, 0) is 55.4 Å². The first-order valence-electron chi connectivity index (χ1n) is 10.7. The number of hydrogen-bond acceptors (Lipinski definition) is 4. The molecular formula is C22H32N2O4S. The van der Waals surface area contributed by atoms with Gasteiger partial charge in [0, 0.05) is 23.8 Å². The number of nitrogens with one attached hydrogen (secondary N) is 2. The minimum Gasteiger partial charge on any atom is -0.481 e. The number of anilines is 1. The summed E-state index contributed by atoms with van der Waals surface area (Å²) in [6.07, 6.45) is 6.41. The van der Waals surface area contributed by atoms with Crippen LogP contribution < -0.4 is 10.6 Å². The molecule has 160 valence electrons. The van der Waals surface area contributed by atoms with Crippen molar-refractivity contribution in [1.82, 2.24) is 5.32 Å². The second-order valence-electron chi connectivity index (χ2n) is 9.03. The van der Waals surface area contributed by atoms with Gasteiger partial charge in [-0.1, -0.05) is 27.2 Å². The van der Waals surface area contributed by atoms with E-state index in [-0.39, 0.29) is 36.1 Å². The van der Waals surface area contributed by atoms with Gasteiger partial charge in [0.15, 0.2) is 0 Å². The van der Waals surface area contributed by atoms with E-state index in [1.165, 1.54) is 16.2 Å². The number of carbonyl (C=O) groups is 3. The molecule has 0 radical (unpaired) electrons. The number of carbonyl (C=O) groups excluding carboxylic acids is 2. The van der Waals surface area contributed by atoms with Crippen LogP contribution in [0.2, 0.25) is 0 Å². The van der Waals surface area contributed by atoms with Crippen LogP contribution in [0.25, 0.3) is 0 Å². The van der Waals surface area contributed by atoms with Crippen LogP contribution in [0.5, 0.6) is 0 Å². The molecule has 1 fully saturated rings. The van der Waals surface area contributed by atoms with Crippen molar-refractivity contribution < 1.29 is 19.5 Å². The smallest absolute Gasteiger partial charge is 0.303 e. The molecule has 0 saturated heterocycles. The van der Waals surface area contributed by atoms with E-state index in [0.29, 0.717) is 22.9 Å². The Morgan fingerprint density at radius 3 is 2.52 bits per heavy atom. The van der Waals surface area contributed by atoms with Crippen LogP contribution in [0.4, 0.5) is 5.00 Å². The summed E-state index contributed by atoms with van der Waals surface area (Å²) >= 11 is 1.53. The number of rotatable bonds is 9. The third-order valence-corrected chi connectivity index (χ3v) is 7.64. The summed E-state index contributed by atoms with van der Waals surface area (Å²) in [4.78, 5) is 37.2. The van der Waals surface area contributed by atoms with Crippen LogP contribution in [-0.2, 0) is 22.4 Å². The molecule has 0 spiro atoms. The minimum atomic E-state index is -0.904. The highest BCUT2D eigenvalue weighted by Crippen LogP contribution is 2.45. The lowest BCUT2D eigenvalue weighted by atomic mass is 9.69. The third kappa shape index (κ3) is 5.38. The Labute approximate surface area is 176 Å². The molecule has 3 N–H and O–H groups in total. The Kier molecular flexibility index (Phi) is 6.66. The second-order valence-corrected chi connectivity index (χ2v) is 10.1. The quantitative estimate of drug-likeness (QED) is 0.553. The van der Waals surface area contributed by atoms with E-state index >= 15 is 0 Å². The lowest BCUT2D eigenvalue weighted by molar-refractivity contribution is -0.137. The maximum absolute atomic E-state index is 12.9. The number of aliphatic carboxylic acids is 1. The maximum atomic E-state index is 12.9. The molecular weight excluding hydrogens is 388 g/mol. The monoisotopic (exact) mass is 420 g/mol. The molecule has 1 aromatic rings. The molecule has 6 nitrogen and oxygen atoms in total. The van der Waals surface area contributed by atoms with E-state index in [1.807, 2.05) is 0 Å². The van der Waals surface area contributed by atoms with Crippen molar-refractivity contribution >= 4 is 34.1 Å². The predicted molar refractivity (Wildman–Crippen MR) is 115 cm³/mol. The van der Waals surface area contributed by atoms with Gasteiger partial charge < -0.3 is 15.7 Å². The number of amides is 2. The predicted octanol–water partition coefficient (Wildman–Crippen LogP) is 4.37. The number of carboxylic acid groups (broad SMARTS) is 1. The number of carboxylic acids is 1. The van der Waals surface area contributed by atoms with Crippen LogP contribution in [0.1, 0.15) is 86.5 Å². The zero-order valence-electron chi connectivity index (χ0n) is 17.6. The number of hydrogen-bond donors (Lipinski definition) is 3. The highest BCUT2D eigenvalue weighted by molar-refractivity contribution is 7.17. The fraction of sp³-hybridized carbons (Fsp3) is 0.682. The van der Waals surface area contributed by atoms with Crippen molar-refractivity contribution in [3.05, 3.63) is 16.0 Å². The average Bonchev–Trinajstić information content (AvgIpc) is 3.39. The van der Waals surface area contributed by atoms with Crippen LogP contribution in [0.3, 0.4) is 0 Å². The summed E-state index contributed by atoms with van der Waals surface area (Å²) in [7, 11) is 0. The Hall–Kier alpha value is -1.89. The average molecular weight is 421 g/mol. The van der Waals surface area contributed by atoms with E-state index < -0.39 is 5.97 Å². The highest BCUT2D eigenvalue weighted by atomic mass is 32.1. The molecule has 2 amide bonds. The summed E-state index contributed by atoms with van der Waals surface area (Å²) in [6, 6.07) is 0.257. The summed E-state index contributed by atoms with van der Waals surface area (Å²) in [5.41, 5.74) is 1.98. The van der Waals surface area contributed by atoms with Crippen molar-refractivity contribution in [3.63, 3.8) is 0 Å². The molecule has 1 heterocycles. The van der Waals surface area contributed by atoms with Crippen molar-refractivity contribution in [2.75, 3.05) is 5.32 Å². The van der Waals surface area contributed by atoms with Gasteiger partial charge in [0.25, 0.3) is 5.91 Å². The van der Waals surface area contributed by atoms with Gasteiger partial charge in [-0.2, -0.15) is 0 Å². The molecule has 1 unspecified atom stereocenters. The first-order valence-corrected chi connectivity index (χ1v) is 11.5. The van der Waals surface area contributed by atoms with Gasteiger partial charge in [-0.3, -0.25) is 14.4 Å². The van der Waals surface area contributed by atoms with Crippen molar-refractivity contribution in [3.8, 4) is 0 Å². The largest absolute Gasteiger partial charge is 0.481 e. The molecule has 2 aliphatic carbocycles. The molecule has 3 rings (SSSR count). The summed E-state index contributed by atoms with van der Waals surface area (Å²) in [6.45, 7) is 6.84. The van der Waals surface area contributed by atoms with E-state index in [4.69, 9.17) is 5.11 Å². The highest BCUT2D eigenvalue weighted by Gasteiger charge is 2.36. The Bertz CT molecular complexity index is 795. The Morgan fingerprint density at radius 2 is 1.90 bits per heavy atom. The fourth-order valence-electron chi connectivity index (χ4n) is 3.94. The molecule has 1 saturated carbocycles. The first kappa shape index (κ1) is 21.8. The first-order chi connectivity index (χ1) is 13.7. The second kappa shape index (κ2) is 8.86. The van der Waals surface area contributed by atoms with Crippen molar-refractivity contribution in [2.24, 2.45) is 11.3 Å². The van der Waals surface area contributed by atoms with Gasteiger partial charge in [-0.25, -0.2) is 0 Å². The molecule has 7 heteroatoms. The zero-order valence-corrected chi connectivity index (χ0v) is 18.4. The van der Waals surface area contributed by atoms with E-state index in [1.54, 1.807) is 0 Å². The molecule has 29 heavy (non-hydrogen) atoms. The molecule has 0 aromatic carbocycles. The van der Waals surface area contributed by atoms with Gasteiger partial charge in [-0.15, -0.1) is 11.3 Å². The molecule has 1 aromatic heterocycles. The molecule has 0 aliphatic heterocycles. The summed E-state index contributed by atoms with van der Waals surface area (Å²) < 4.78 is 0. The van der Waals surface area contributed by atoms with Crippen LogP contribution in [-0.4, -0.2) is 28.9 Å². The number of thiophene rings is 1. The third-order valence-electron chi connectivity index (χ3n) is 6.47. The Balaban J connectivity index is 1.80. The summed E-state index contributed by atoms with van der Waals surface area (Å²) in [5.74, 6) is -0.648. The van der Waals surface area contributed by atoms with Crippen LogP contribution >= 0.6 is 11.3 Å². The lowest BCUT2D eigenvalue weighted by Crippen LogP contribution is -2.30. The van der Waals surface area contributed by atoms with Crippen LogP contribution in [0.15, 0.2) is 0 Å². The van der Waals surface area contributed by atoms with Gasteiger partial charge in [0.05, 0.1) is 5.56 Å². The standard InChI is InChI=1S/C22H32N2O4S/c1-4-22(2,3)13-8-11-15-16(12-13)29-21(19(15)20(28)23-14-9-10-14)24-17(25)6-5-7-18(26)27/h13-14H,4-12H2,1-3H3,(H,23,28)(H,24,25)(H,26,27). The molecule has 1 atom stereocenters. The minimum absolute atomic E-state index is 0.0306. The van der Waals surface area contributed by atoms with Gasteiger partial charge in [0.2, 0.25) is 5.91 Å². The topological polar surface area (TPSA) is 95.5 Å². The van der Waals surface area contributed by atoms with Crippen LogP contribution in [0, 0.1) is 11.3 Å². The normalized spacial score (nSPS) is 18.8. The van der Waals surface area contributed by atoms with Crippen molar-refractivity contribution in [1.29, 1.82) is 0 Å². The van der Waals surface area contributed by atoms with E-state index in [9.17, 15) is 14.4 Å². The van der Waals surface area contributed by atoms with E-state index in [0.717, 1.165) is 44.1 Å². The lowest BCUT2D eigenvalue weighted by Gasteiger charge is -2.36. The summed E-state index contributed by atoms with van der Waals surface area (Å²) in [5, 5.41) is 15.4.